The second kappa shape index (κ2) is 10.8. The highest BCUT2D eigenvalue weighted by Gasteiger charge is 2.27. The first-order valence-corrected chi connectivity index (χ1v) is 12.3. The van der Waals surface area contributed by atoms with E-state index in [0.717, 1.165) is 15.6 Å². The maximum absolute atomic E-state index is 13.2. The number of carbonyl (C=O) groups excluding carboxylic acids is 1. The van der Waals surface area contributed by atoms with Crippen LogP contribution in [0.3, 0.4) is 0 Å². The highest BCUT2D eigenvalue weighted by Crippen LogP contribution is 2.24. The molecular weight excluding hydrogens is 492 g/mol. The van der Waals surface area contributed by atoms with Gasteiger partial charge in [-0.1, -0.05) is 64.5 Å². The molecule has 168 valence electrons. The maximum atomic E-state index is 13.2. The average molecular weight is 517 g/mol. The molecule has 0 heterocycles. The molecule has 3 rings (SSSR count). The summed E-state index contributed by atoms with van der Waals surface area (Å²) >= 11 is 3.30. The molecule has 0 saturated carbocycles. The van der Waals surface area contributed by atoms with E-state index in [2.05, 4.69) is 26.0 Å². The van der Waals surface area contributed by atoms with E-state index in [9.17, 15) is 13.2 Å². The fourth-order valence-corrected chi connectivity index (χ4v) is 4.78. The number of rotatable bonds is 9. The van der Waals surface area contributed by atoms with E-state index < -0.39 is 22.0 Å². The van der Waals surface area contributed by atoms with Crippen LogP contribution in [0.15, 0.2) is 88.2 Å². The van der Waals surface area contributed by atoms with E-state index in [1.807, 2.05) is 61.5 Å². The van der Waals surface area contributed by atoms with Crippen molar-refractivity contribution in [3.8, 4) is 5.75 Å². The van der Waals surface area contributed by atoms with Gasteiger partial charge < -0.3 is 10.1 Å². The molecule has 3 aromatic rings. The number of ether oxygens (including phenoxy) is 1. The van der Waals surface area contributed by atoms with Crippen molar-refractivity contribution < 1.29 is 17.9 Å². The SMILES string of the molecule is COc1ccccc1[C@H](C)NC(=O)[C@@H](Cc1ccccc1)NS(=O)(=O)c1ccc(Br)cc1. The lowest BCUT2D eigenvalue weighted by Gasteiger charge is -2.23. The Balaban J connectivity index is 1.85. The standard InChI is InChI=1S/C24H25BrN2O4S/c1-17(21-10-6-7-11-23(21)31-2)26-24(28)22(16-18-8-4-3-5-9-18)27-32(29,30)20-14-12-19(25)13-15-20/h3-15,17,22,27H,16H2,1-2H3,(H,26,28)/t17-,22+/m0/s1. The molecule has 2 N–H and O–H groups in total. The highest BCUT2D eigenvalue weighted by molar-refractivity contribution is 9.10. The summed E-state index contributed by atoms with van der Waals surface area (Å²) in [6, 6.07) is 21.6. The van der Waals surface area contributed by atoms with Crippen LogP contribution in [-0.2, 0) is 21.2 Å². The van der Waals surface area contributed by atoms with Gasteiger partial charge in [0.2, 0.25) is 15.9 Å². The summed E-state index contributed by atoms with van der Waals surface area (Å²) in [7, 11) is -2.34. The van der Waals surface area contributed by atoms with E-state index >= 15 is 0 Å². The second-order valence-electron chi connectivity index (χ2n) is 7.29. The molecular formula is C24H25BrN2O4S. The lowest BCUT2D eigenvalue weighted by Crippen LogP contribution is -2.48. The van der Waals surface area contributed by atoms with E-state index in [4.69, 9.17) is 4.74 Å². The summed E-state index contributed by atoms with van der Waals surface area (Å²) < 4.78 is 34.7. The predicted octanol–water partition coefficient (Wildman–Crippen LogP) is 4.22. The first kappa shape index (κ1) is 24.0. The van der Waals surface area contributed by atoms with Crippen molar-refractivity contribution in [1.82, 2.24) is 10.0 Å². The van der Waals surface area contributed by atoms with E-state index in [1.165, 1.54) is 12.1 Å². The van der Waals surface area contributed by atoms with Crippen molar-refractivity contribution in [1.29, 1.82) is 0 Å². The van der Waals surface area contributed by atoms with E-state index in [1.54, 1.807) is 19.2 Å². The van der Waals surface area contributed by atoms with Gasteiger partial charge in [0.05, 0.1) is 18.0 Å². The molecule has 0 saturated heterocycles. The first-order valence-electron chi connectivity index (χ1n) is 10.1. The maximum Gasteiger partial charge on any atom is 0.241 e. The summed E-state index contributed by atoms with van der Waals surface area (Å²) in [5.41, 5.74) is 1.65. The Kier molecular flexibility index (Phi) is 8.06. The Bertz CT molecular complexity index is 1150. The van der Waals surface area contributed by atoms with Gasteiger partial charge in [0.25, 0.3) is 0 Å². The topological polar surface area (TPSA) is 84.5 Å². The van der Waals surface area contributed by atoms with Gasteiger partial charge in [0.15, 0.2) is 0 Å². The molecule has 0 radical (unpaired) electrons. The smallest absolute Gasteiger partial charge is 0.241 e. The molecule has 3 aromatic carbocycles. The minimum atomic E-state index is -3.91. The van der Waals surface area contributed by atoms with Gasteiger partial charge >= 0.3 is 0 Å². The van der Waals surface area contributed by atoms with Crippen LogP contribution in [0.25, 0.3) is 0 Å². The van der Waals surface area contributed by atoms with Crippen LogP contribution in [0.2, 0.25) is 0 Å². The third-order valence-electron chi connectivity index (χ3n) is 4.98. The molecule has 0 aromatic heterocycles. The van der Waals surface area contributed by atoms with Gasteiger partial charge in [-0.05, 0) is 49.2 Å². The summed E-state index contributed by atoms with van der Waals surface area (Å²) in [6.07, 6.45) is 0.209. The number of methoxy groups -OCH3 is 1. The lowest BCUT2D eigenvalue weighted by molar-refractivity contribution is -0.123. The molecule has 0 aliphatic carbocycles. The van der Waals surface area contributed by atoms with Gasteiger partial charge in [0, 0.05) is 10.0 Å². The van der Waals surface area contributed by atoms with Crippen molar-refractivity contribution >= 4 is 31.9 Å². The second-order valence-corrected chi connectivity index (χ2v) is 9.92. The minimum Gasteiger partial charge on any atom is -0.496 e. The van der Waals surface area contributed by atoms with Crippen LogP contribution in [0.5, 0.6) is 5.75 Å². The van der Waals surface area contributed by atoms with Gasteiger partial charge in [-0.3, -0.25) is 4.79 Å². The number of hydrogen-bond acceptors (Lipinski definition) is 4. The number of carbonyl (C=O) groups is 1. The van der Waals surface area contributed by atoms with E-state index in [0.29, 0.717) is 5.75 Å². The number of para-hydroxylation sites is 1. The van der Waals surface area contributed by atoms with Gasteiger partial charge in [-0.25, -0.2) is 8.42 Å². The van der Waals surface area contributed by atoms with Crippen molar-refractivity contribution in [2.24, 2.45) is 0 Å². The van der Waals surface area contributed by atoms with Crippen LogP contribution in [-0.4, -0.2) is 27.5 Å². The summed E-state index contributed by atoms with van der Waals surface area (Å²) in [5, 5.41) is 2.92. The number of sulfonamides is 1. The summed E-state index contributed by atoms with van der Waals surface area (Å²) in [5.74, 6) is 0.225. The zero-order valence-corrected chi connectivity index (χ0v) is 20.2. The number of hydrogen-bond donors (Lipinski definition) is 2. The molecule has 0 unspecified atom stereocenters. The number of nitrogens with one attached hydrogen (secondary N) is 2. The fourth-order valence-electron chi connectivity index (χ4n) is 3.32. The normalized spacial score (nSPS) is 13.2. The molecule has 1 amide bonds. The Labute approximate surface area is 197 Å². The quantitative estimate of drug-likeness (QED) is 0.445. The average Bonchev–Trinajstić information content (AvgIpc) is 2.79. The van der Waals surface area contributed by atoms with Crippen LogP contribution in [0.1, 0.15) is 24.1 Å². The number of benzene rings is 3. The largest absolute Gasteiger partial charge is 0.496 e. The van der Waals surface area contributed by atoms with Crippen molar-refractivity contribution in [3.05, 3.63) is 94.5 Å². The minimum absolute atomic E-state index is 0.0874. The monoisotopic (exact) mass is 516 g/mol. The van der Waals surface area contributed by atoms with Gasteiger partial charge in [0.1, 0.15) is 11.8 Å². The van der Waals surface area contributed by atoms with Crippen LogP contribution < -0.4 is 14.8 Å². The summed E-state index contributed by atoms with van der Waals surface area (Å²) in [4.78, 5) is 13.3. The third kappa shape index (κ3) is 6.18. The first-order chi connectivity index (χ1) is 15.3. The molecule has 0 fully saturated rings. The highest BCUT2D eigenvalue weighted by atomic mass is 79.9. The van der Waals surface area contributed by atoms with Crippen molar-refractivity contribution in [2.75, 3.05) is 7.11 Å². The van der Waals surface area contributed by atoms with Gasteiger partial charge in [-0.15, -0.1) is 0 Å². The zero-order chi connectivity index (χ0) is 23.1. The number of halogens is 1. The fraction of sp³-hybridized carbons (Fsp3) is 0.208. The lowest BCUT2D eigenvalue weighted by atomic mass is 10.0. The van der Waals surface area contributed by atoms with Crippen LogP contribution in [0.4, 0.5) is 0 Å². The zero-order valence-electron chi connectivity index (χ0n) is 17.8. The molecule has 8 heteroatoms. The Morgan fingerprint density at radius 3 is 2.25 bits per heavy atom. The van der Waals surface area contributed by atoms with E-state index in [-0.39, 0.29) is 17.4 Å². The Morgan fingerprint density at radius 2 is 1.59 bits per heavy atom. The molecule has 0 spiro atoms. The Hall–Kier alpha value is -2.68. The number of amides is 1. The molecule has 0 bridgehead atoms. The van der Waals surface area contributed by atoms with Crippen LogP contribution >= 0.6 is 15.9 Å². The van der Waals surface area contributed by atoms with Crippen molar-refractivity contribution in [3.63, 3.8) is 0 Å². The van der Waals surface area contributed by atoms with Gasteiger partial charge in [-0.2, -0.15) is 4.72 Å². The Morgan fingerprint density at radius 1 is 0.969 bits per heavy atom. The van der Waals surface area contributed by atoms with Crippen molar-refractivity contribution in [2.45, 2.75) is 30.3 Å². The summed E-state index contributed by atoms with van der Waals surface area (Å²) in [6.45, 7) is 1.83. The third-order valence-corrected chi connectivity index (χ3v) is 7.00. The van der Waals surface area contributed by atoms with Crippen LogP contribution in [0, 0.1) is 0 Å². The molecule has 6 nitrogen and oxygen atoms in total. The molecule has 0 aliphatic heterocycles. The predicted molar refractivity (Wildman–Crippen MR) is 128 cm³/mol. The molecule has 0 aliphatic rings. The molecule has 2 atom stereocenters. The molecule has 32 heavy (non-hydrogen) atoms.